The van der Waals surface area contributed by atoms with Crippen LogP contribution in [0.3, 0.4) is 0 Å². The van der Waals surface area contributed by atoms with Crippen molar-refractivity contribution in [2.24, 2.45) is 5.92 Å². The number of nitrogens with one attached hydrogen (secondary N) is 1. The van der Waals surface area contributed by atoms with Gasteiger partial charge in [-0.05, 0) is 57.2 Å². The zero-order chi connectivity index (χ0) is 17.6. The molecular formula is C20H28N2O3. The summed E-state index contributed by atoms with van der Waals surface area (Å²) in [4.78, 5) is 27.0. The quantitative estimate of drug-likeness (QED) is 0.831. The number of amides is 1. The number of piperidine rings is 1. The van der Waals surface area contributed by atoms with Crippen molar-refractivity contribution in [3.63, 3.8) is 0 Å². The fraction of sp³-hybridized carbons (Fsp3) is 0.600. The summed E-state index contributed by atoms with van der Waals surface area (Å²) in [5.41, 5.74) is 0.940. The summed E-state index contributed by atoms with van der Waals surface area (Å²) in [5.74, 6) is 0.300. The molecule has 1 aliphatic carbocycles. The number of para-hydroxylation sites is 1. The van der Waals surface area contributed by atoms with Gasteiger partial charge in [-0.3, -0.25) is 9.69 Å². The van der Waals surface area contributed by atoms with Crippen LogP contribution >= 0.6 is 0 Å². The van der Waals surface area contributed by atoms with Gasteiger partial charge in [-0.1, -0.05) is 25.0 Å². The van der Waals surface area contributed by atoms with Gasteiger partial charge in [-0.25, -0.2) is 4.79 Å². The van der Waals surface area contributed by atoms with Crippen molar-refractivity contribution in [1.82, 2.24) is 4.90 Å². The van der Waals surface area contributed by atoms with Gasteiger partial charge in [0, 0.05) is 6.04 Å². The number of anilines is 1. The van der Waals surface area contributed by atoms with Crippen LogP contribution in [0.2, 0.25) is 0 Å². The minimum absolute atomic E-state index is 0.0528. The third kappa shape index (κ3) is 4.40. The predicted octanol–water partition coefficient (Wildman–Crippen LogP) is 3.46. The van der Waals surface area contributed by atoms with Crippen LogP contribution in [0.1, 0.15) is 55.8 Å². The van der Waals surface area contributed by atoms with E-state index >= 15 is 0 Å². The molecular weight excluding hydrogens is 316 g/mol. The number of nitrogens with zero attached hydrogens (tertiary/aromatic N) is 1. The van der Waals surface area contributed by atoms with E-state index in [0.717, 1.165) is 12.5 Å². The van der Waals surface area contributed by atoms with E-state index in [4.69, 9.17) is 4.74 Å². The van der Waals surface area contributed by atoms with Crippen LogP contribution in [-0.2, 0) is 9.53 Å². The Hall–Kier alpha value is -1.88. The molecule has 1 aromatic rings. The SMILES string of the molecule is CCOC(=O)c1ccccc1NC(=O)CN1CCC[C@@H]2CCCC[C@@H]21. The maximum Gasteiger partial charge on any atom is 0.340 e. The molecule has 0 aromatic heterocycles. The van der Waals surface area contributed by atoms with E-state index in [9.17, 15) is 9.59 Å². The van der Waals surface area contributed by atoms with Crippen molar-refractivity contribution < 1.29 is 14.3 Å². The first-order valence-electron chi connectivity index (χ1n) is 9.49. The predicted molar refractivity (Wildman–Crippen MR) is 97.6 cm³/mol. The number of benzene rings is 1. The minimum atomic E-state index is -0.399. The normalized spacial score (nSPS) is 23.6. The number of likely N-dealkylation sites (tertiary alicyclic amines) is 1. The molecule has 5 nitrogen and oxygen atoms in total. The number of ether oxygens (including phenoxy) is 1. The van der Waals surface area contributed by atoms with Gasteiger partial charge < -0.3 is 10.1 Å². The van der Waals surface area contributed by atoms with Gasteiger partial charge >= 0.3 is 5.97 Å². The monoisotopic (exact) mass is 344 g/mol. The van der Waals surface area contributed by atoms with Crippen LogP contribution < -0.4 is 5.32 Å². The van der Waals surface area contributed by atoms with Crippen molar-refractivity contribution in [2.75, 3.05) is 25.0 Å². The second-order valence-electron chi connectivity index (χ2n) is 7.04. The molecule has 2 aliphatic rings. The van der Waals surface area contributed by atoms with Crippen molar-refractivity contribution >= 4 is 17.6 Å². The summed E-state index contributed by atoms with van der Waals surface area (Å²) in [6.45, 7) is 3.49. The van der Waals surface area contributed by atoms with E-state index in [0.29, 0.717) is 30.4 Å². The lowest BCUT2D eigenvalue weighted by molar-refractivity contribution is -0.118. The first kappa shape index (κ1) is 17.9. The van der Waals surface area contributed by atoms with Crippen molar-refractivity contribution in [2.45, 2.75) is 51.5 Å². The smallest absolute Gasteiger partial charge is 0.340 e. The van der Waals surface area contributed by atoms with Crippen LogP contribution in [0.15, 0.2) is 24.3 Å². The lowest BCUT2D eigenvalue weighted by atomic mass is 9.78. The van der Waals surface area contributed by atoms with Crippen LogP contribution in [0.25, 0.3) is 0 Å². The van der Waals surface area contributed by atoms with Crippen molar-refractivity contribution in [3.05, 3.63) is 29.8 Å². The molecule has 1 saturated heterocycles. The second-order valence-corrected chi connectivity index (χ2v) is 7.04. The van der Waals surface area contributed by atoms with E-state index in [-0.39, 0.29) is 5.91 Å². The summed E-state index contributed by atoms with van der Waals surface area (Å²) in [6.07, 6.45) is 7.58. The highest BCUT2D eigenvalue weighted by molar-refractivity contribution is 6.01. The molecule has 1 aliphatic heterocycles. The van der Waals surface area contributed by atoms with E-state index in [1.54, 1.807) is 25.1 Å². The molecule has 1 saturated carbocycles. The number of hydrogen-bond acceptors (Lipinski definition) is 4. The molecule has 25 heavy (non-hydrogen) atoms. The van der Waals surface area contributed by atoms with Gasteiger partial charge in [0.1, 0.15) is 0 Å². The molecule has 0 spiro atoms. The number of fused-ring (bicyclic) bond motifs is 1. The average molecular weight is 344 g/mol. The Kier molecular flexibility index (Phi) is 6.08. The number of carbonyl (C=O) groups excluding carboxylic acids is 2. The largest absolute Gasteiger partial charge is 0.462 e. The Bertz CT molecular complexity index is 615. The van der Waals surface area contributed by atoms with E-state index < -0.39 is 5.97 Å². The Morgan fingerprint density at radius 2 is 1.92 bits per heavy atom. The zero-order valence-corrected chi connectivity index (χ0v) is 15.0. The standard InChI is InChI=1S/C20H28N2O3/c1-2-25-20(24)16-10-4-5-11-17(16)21-19(23)14-22-13-7-9-15-8-3-6-12-18(15)22/h4-5,10-11,15,18H,2-3,6-9,12-14H2,1H3,(H,21,23)/t15-,18-/m0/s1. The Morgan fingerprint density at radius 1 is 1.16 bits per heavy atom. The van der Waals surface area contributed by atoms with Gasteiger partial charge in [-0.2, -0.15) is 0 Å². The summed E-state index contributed by atoms with van der Waals surface area (Å²) in [6, 6.07) is 7.58. The lowest BCUT2D eigenvalue weighted by Gasteiger charge is -2.43. The molecule has 2 fully saturated rings. The molecule has 2 atom stereocenters. The molecule has 5 heteroatoms. The Balaban J connectivity index is 1.64. The number of esters is 1. The molecule has 0 bridgehead atoms. The highest BCUT2D eigenvalue weighted by Gasteiger charge is 2.33. The summed E-state index contributed by atoms with van der Waals surface area (Å²) < 4.78 is 5.07. The number of rotatable bonds is 5. The molecule has 1 amide bonds. The molecule has 3 rings (SSSR count). The fourth-order valence-electron chi connectivity index (χ4n) is 4.28. The fourth-order valence-corrected chi connectivity index (χ4v) is 4.28. The Morgan fingerprint density at radius 3 is 2.76 bits per heavy atom. The van der Waals surface area contributed by atoms with Gasteiger partial charge in [0.05, 0.1) is 24.4 Å². The van der Waals surface area contributed by atoms with E-state index in [2.05, 4.69) is 10.2 Å². The minimum Gasteiger partial charge on any atom is -0.462 e. The van der Waals surface area contributed by atoms with Crippen LogP contribution in [0.5, 0.6) is 0 Å². The molecule has 1 aromatic carbocycles. The second kappa shape index (κ2) is 8.48. The number of carbonyl (C=O) groups is 2. The topological polar surface area (TPSA) is 58.6 Å². The van der Waals surface area contributed by atoms with Crippen molar-refractivity contribution in [1.29, 1.82) is 0 Å². The molecule has 1 heterocycles. The van der Waals surface area contributed by atoms with Gasteiger partial charge in [-0.15, -0.1) is 0 Å². The van der Waals surface area contributed by atoms with Gasteiger partial charge in [0.15, 0.2) is 0 Å². The van der Waals surface area contributed by atoms with Crippen molar-refractivity contribution in [3.8, 4) is 0 Å². The third-order valence-corrected chi connectivity index (χ3v) is 5.40. The lowest BCUT2D eigenvalue weighted by Crippen LogP contribution is -2.49. The summed E-state index contributed by atoms with van der Waals surface area (Å²) in [7, 11) is 0. The number of hydrogen-bond donors (Lipinski definition) is 1. The van der Waals surface area contributed by atoms with Gasteiger partial charge in [0.25, 0.3) is 0 Å². The first-order chi connectivity index (χ1) is 12.2. The average Bonchev–Trinajstić information content (AvgIpc) is 2.62. The third-order valence-electron chi connectivity index (χ3n) is 5.40. The Labute approximate surface area is 149 Å². The molecule has 0 unspecified atom stereocenters. The van der Waals surface area contributed by atoms with E-state index in [1.165, 1.54) is 38.5 Å². The van der Waals surface area contributed by atoms with Crippen LogP contribution in [0.4, 0.5) is 5.69 Å². The highest BCUT2D eigenvalue weighted by atomic mass is 16.5. The maximum absolute atomic E-state index is 12.6. The zero-order valence-electron chi connectivity index (χ0n) is 15.0. The van der Waals surface area contributed by atoms with E-state index in [1.807, 2.05) is 6.07 Å². The van der Waals surface area contributed by atoms with Crippen LogP contribution in [0, 0.1) is 5.92 Å². The maximum atomic E-state index is 12.6. The summed E-state index contributed by atoms with van der Waals surface area (Å²) in [5, 5.41) is 2.91. The molecule has 136 valence electrons. The van der Waals surface area contributed by atoms with Crippen LogP contribution in [-0.4, -0.2) is 42.5 Å². The summed E-state index contributed by atoms with van der Waals surface area (Å²) >= 11 is 0. The highest BCUT2D eigenvalue weighted by Crippen LogP contribution is 2.35. The molecule has 1 N–H and O–H groups in total. The van der Waals surface area contributed by atoms with Gasteiger partial charge in [0.2, 0.25) is 5.91 Å². The first-order valence-corrected chi connectivity index (χ1v) is 9.49. The molecule has 0 radical (unpaired) electrons.